The molecule has 1 aliphatic rings. The van der Waals surface area contributed by atoms with E-state index < -0.39 is 9.86 Å². The summed E-state index contributed by atoms with van der Waals surface area (Å²) in [6.45, 7) is 0.180. The smallest absolute Gasteiger partial charge is 0.342 e. The van der Waals surface area contributed by atoms with Crippen molar-refractivity contribution in [3.8, 4) is 0 Å². The van der Waals surface area contributed by atoms with Gasteiger partial charge in [-0.25, -0.2) is 9.55 Å². The van der Waals surface area contributed by atoms with Crippen molar-refractivity contribution in [2.45, 2.75) is 18.0 Å². The fraction of sp³-hybridized carbons (Fsp3) is 0.417. The molecule has 108 valence electrons. The van der Waals surface area contributed by atoms with E-state index >= 15 is 0 Å². The molecule has 0 aliphatic heterocycles. The van der Waals surface area contributed by atoms with Crippen LogP contribution in [0.4, 0.5) is 5.82 Å². The molecule has 0 aromatic carbocycles. The van der Waals surface area contributed by atoms with Crippen molar-refractivity contribution in [1.29, 1.82) is 0 Å². The standard InChI is InChI=1S/C12H14ClN3O3S/c1-15-10(14-7-11(15)16(17)18)8-19-12(20-2)5-3-4-9(13)6-12/h3-5,7H,6,8H2,1-2H3. The fourth-order valence-electron chi connectivity index (χ4n) is 1.88. The Morgan fingerprint density at radius 1 is 1.70 bits per heavy atom. The van der Waals surface area contributed by atoms with Crippen LogP contribution in [0.25, 0.3) is 0 Å². The van der Waals surface area contributed by atoms with E-state index in [0.29, 0.717) is 17.3 Å². The van der Waals surface area contributed by atoms with Crippen molar-refractivity contribution < 1.29 is 9.66 Å². The predicted molar refractivity (Wildman–Crippen MR) is 78.6 cm³/mol. The summed E-state index contributed by atoms with van der Waals surface area (Å²) in [5.41, 5.74) is 0. The van der Waals surface area contributed by atoms with Crippen LogP contribution >= 0.6 is 23.4 Å². The normalized spacial score (nSPS) is 21.9. The number of allylic oxidation sites excluding steroid dienone is 2. The molecule has 1 aliphatic carbocycles. The lowest BCUT2D eigenvalue weighted by Crippen LogP contribution is -2.27. The number of hydrogen-bond acceptors (Lipinski definition) is 5. The number of imidazole rings is 1. The van der Waals surface area contributed by atoms with Crippen LogP contribution in [0.15, 0.2) is 29.5 Å². The Morgan fingerprint density at radius 2 is 2.45 bits per heavy atom. The van der Waals surface area contributed by atoms with Crippen LogP contribution in [-0.2, 0) is 18.4 Å². The van der Waals surface area contributed by atoms with Gasteiger partial charge < -0.3 is 14.9 Å². The van der Waals surface area contributed by atoms with Crippen LogP contribution in [0.1, 0.15) is 12.2 Å². The summed E-state index contributed by atoms with van der Waals surface area (Å²) in [6, 6.07) is 0. The van der Waals surface area contributed by atoms with Crippen molar-refractivity contribution in [2.75, 3.05) is 6.26 Å². The first-order valence-corrected chi connectivity index (χ1v) is 7.46. The molecule has 0 bridgehead atoms. The van der Waals surface area contributed by atoms with Crippen molar-refractivity contribution in [3.05, 3.63) is 45.4 Å². The predicted octanol–water partition coefficient (Wildman–Crippen LogP) is 2.99. The zero-order valence-electron chi connectivity index (χ0n) is 11.1. The maximum absolute atomic E-state index is 10.8. The maximum atomic E-state index is 10.8. The number of rotatable bonds is 5. The summed E-state index contributed by atoms with van der Waals surface area (Å²) in [5.74, 6) is 0.447. The molecule has 20 heavy (non-hydrogen) atoms. The average Bonchev–Trinajstić information content (AvgIpc) is 2.78. The van der Waals surface area contributed by atoms with Gasteiger partial charge in [-0.1, -0.05) is 17.7 Å². The molecule has 0 fully saturated rings. The number of aromatic nitrogens is 2. The molecule has 2 rings (SSSR count). The second kappa shape index (κ2) is 5.99. The van der Waals surface area contributed by atoms with Gasteiger partial charge in [0.25, 0.3) is 0 Å². The highest BCUT2D eigenvalue weighted by Gasteiger charge is 2.31. The molecule has 1 heterocycles. The highest BCUT2D eigenvalue weighted by atomic mass is 35.5. The van der Waals surface area contributed by atoms with Crippen molar-refractivity contribution in [3.63, 3.8) is 0 Å². The largest absolute Gasteiger partial charge is 0.358 e. The van der Waals surface area contributed by atoms with Gasteiger partial charge in [0.15, 0.2) is 0 Å². The van der Waals surface area contributed by atoms with E-state index in [4.69, 9.17) is 16.3 Å². The number of hydrogen-bond donors (Lipinski definition) is 0. The average molecular weight is 316 g/mol. The van der Waals surface area contributed by atoms with Gasteiger partial charge in [-0.3, -0.25) is 0 Å². The molecular formula is C12H14ClN3O3S. The van der Waals surface area contributed by atoms with Gasteiger partial charge in [0, 0.05) is 11.5 Å². The van der Waals surface area contributed by atoms with Gasteiger partial charge in [0.05, 0.1) is 7.05 Å². The zero-order chi connectivity index (χ0) is 14.8. The molecule has 8 heteroatoms. The lowest BCUT2D eigenvalue weighted by atomic mass is 10.1. The van der Waals surface area contributed by atoms with Crippen LogP contribution < -0.4 is 0 Å². The Hall–Kier alpha value is -1.31. The Kier molecular flexibility index (Phi) is 4.52. The number of ether oxygens (including phenoxy) is 1. The topological polar surface area (TPSA) is 70.2 Å². The summed E-state index contributed by atoms with van der Waals surface area (Å²) >= 11 is 7.57. The van der Waals surface area contributed by atoms with Gasteiger partial charge in [-0.2, -0.15) is 0 Å². The second-order valence-corrected chi connectivity index (χ2v) is 5.89. The van der Waals surface area contributed by atoms with Crippen LogP contribution in [0.3, 0.4) is 0 Å². The molecule has 1 atom stereocenters. The van der Waals surface area contributed by atoms with Crippen LogP contribution in [0.5, 0.6) is 0 Å². The van der Waals surface area contributed by atoms with Gasteiger partial charge in [0.2, 0.25) is 5.82 Å². The summed E-state index contributed by atoms with van der Waals surface area (Å²) in [4.78, 5) is 13.8. The van der Waals surface area contributed by atoms with E-state index in [1.54, 1.807) is 7.05 Å². The van der Waals surface area contributed by atoms with E-state index in [0.717, 1.165) is 0 Å². The molecule has 0 N–H and O–H groups in total. The minimum atomic E-state index is -0.549. The number of halogens is 1. The molecule has 6 nitrogen and oxygen atoms in total. The minimum absolute atomic E-state index is 0.0566. The lowest BCUT2D eigenvalue weighted by molar-refractivity contribution is -0.391. The molecular weight excluding hydrogens is 302 g/mol. The third-order valence-electron chi connectivity index (χ3n) is 3.08. The minimum Gasteiger partial charge on any atom is -0.358 e. The molecule has 1 aromatic rings. The molecule has 0 saturated heterocycles. The summed E-state index contributed by atoms with van der Waals surface area (Å²) < 4.78 is 7.31. The van der Waals surface area contributed by atoms with Gasteiger partial charge >= 0.3 is 5.82 Å². The summed E-state index contributed by atoms with van der Waals surface area (Å²) in [5, 5.41) is 11.5. The van der Waals surface area contributed by atoms with Crippen LogP contribution in [-0.4, -0.2) is 25.7 Å². The third-order valence-corrected chi connectivity index (χ3v) is 4.43. The number of nitro groups is 1. The first kappa shape index (κ1) is 15.1. The Balaban J connectivity index is 2.10. The summed E-state index contributed by atoms with van der Waals surface area (Å²) in [6.07, 6.45) is 9.34. The van der Waals surface area contributed by atoms with E-state index in [1.165, 1.54) is 22.5 Å². The first-order chi connectivity index (χ1) is 9.47. The van der Waals surface area contributed by atoms with Crippen molar-refractivity contribution in [1.82, 2.24) is 9.55 Å². The fourth-order valence-corrected chi connectivity index (χ4v) is 2.92. The SMILES string of the molecule is CSC1(OCc2ncc([N+](=O)[O-])n2C)C=CC=C(Cl)C1. The van der Waals surface area contributed by atoms with E-state index in [1.807, 2.05) is 24.5 Å². The monoisotopic (exact) mass is 315 g/mol. The third kappa shape index (κ3) is 3.05. The highest BCUT2D eigenvalue weighted by Crippen LogP contribution is 2.37. The quantitative estimate of drug-likeness (QED) is 0.474. The summed E-state index contributed by atoms with van der Waals surface area (Å²) in [7, 11) is 1.60. The van der Waals surface area contributed by atoms with Crippen LogP contribution in [0, 0.1) is 10.1 Å². The Bertz CT molecular complexity index is 585. The van der Waals surface area contributed by atoms with Crippen molar-refractivity contribution in [2.24, 2.45) is 7.05 Å². The molecule has 1 unspecified atom stereocenters. The molecule has 0 radical (unpaired) electrons. The number of nitrogens with zero attached hydrogens (tertiary/aromatic N) is 3. The highest BCUT2D eigenvalue weighted by molar-refractivity contribution is 8.00. The maximum Gasteiger partial charge on any atom is 0.342 e. The van der Waals surface area contributed by atoms with Crippen molar-refractivity contribution >= 4 is 29.2 Å². The molecule has 1 aromatic heterocycles. The van der Waals surface area contributed by atoms with E-state index in [2.05, 4.69) is 4.98 Å². The first-order valence-electron chi connectivity index (χ1n) is 5.85. The molecule has 0 saturated carbocycles. The van der Waals surface area contributed by atoms with Gasteiger partial charge in [-0.15, -0.1) is 11.8 Å². The lowest BCUT2D eigenvalue weighted by Gasteiger charge is -2.30. The zero-order valence-corrected chi connectivity index (χ0v) is 12.6. The van der Waals surface area contributed by atoms with Gasteiger partial charge in [0.1, 0.15) is 17.7 Å². The number of thioether (sulfide) groups is 1. The molecule has 0 amide bonds. The second-order valence-electron chi connectivity index (χ2n) is 4.30. The Labute approximate surface area is 125 Å². The Morgan fingerprint density at radius 3 is 3.00 bits per heavy atom. The molecule has 0 spiro atoms. The van der Waals surface area contributed by atoms with Crippen LogP contribution in [0.2, 0.25) is 0 Å². The van der Waals surface area contributed by atoms with E-state index in [9.17, 15) is 10.1 Å². The van der Waals surface area contributed by atoms with Gasteiger partial charge in [-0.05, 0) is 23.3 Å². The van der Waals surface area contributed by atoms with E-state index in [-0.39, 0.29) is 12.4 Å².